The van der Waals surface area contributed by atoms with E-state index in [-0.39, 0.29) is 0 Å². The van der Waals surface area contributed by atoms with Crippen molar-refractivity contribution in [2.75, 3.05) is 0 Å². The van der Waals surface area contributed by atoms with Crippen molar-refractivity contribution in [1.29, 1.82) is 5.41 Å². The van der Waals surface area contributed by atoms with Crippen molar-refractivity contribution < 1.29 is 5.21 Å². The van der Waals surface area contributed by atoms with E-state index in [1.54, 1.807) is 0 Å². The summed E-state index contributed by atoms with van der Waals surface area (Å²) in [6.07, 6.45) is 3.30. The fraction of sp³-hybridized carbons (Fsp3) is 0.714. The fourth-order valence-electron chi connectivity index (χ4n) is 2.06. The van der Waals surface area contributed by atoms with Gasteiger partial charge in [-0.3, -0.25) is 0 Å². The maximum Gasteiger partial charge on any atom is 0.104 e. The molecule has 2 unspecified atom stereocenters. The zero-order chi connectivity index (χ0) is 7.14. The van der Waals surface area contributed by atoms with Gasteiger partial charge in [0, 0.05) is 11.8 Å². The van der Waals surface area contributed by atoms with Crippen LogP contribution in [0.3, 0.4) is 0 Å². The Kier molecular flexibility index (Phi) is 1.07. The molecule has 3 nitrogen and oxygen atoms in total. The molecule has 2 rings (SSSR count). The number of oxime groups is 1. The van der Waals surface area contributed by atoms with Crippen LogP contribution >= 0.6 is 0 Å². The average molecular weight is 138 g/mol. The fourth-order valence-corrected chi connectivity index (χ4v) is 2.06. The van der Waals surface area contributed by atoms with Crippen LogP contribution in [-0.2, 0) is 0 Å². The van der Waals surface area contributed by atoms with E-state index >= 15 is 0 Å². The van der Waals surface area contributed by atoms with E-state index in [1.807, 2.05) is 0 Å². The second-order valence-corrected chi connectivity index (χ2v) is 3.11. The number of nitrogens with zero attached hydrogens (tertiary/aromatic N) is 1. The molecule has 0 aliphatic heterocycles. The molecule has 0 amide bonds. The van der Waals surface area contributed by atoms with Crippen molar-refractivity contribution in [2.45, 2.75) is 19.3 Å². The molecule has 2 bridgehead atoms. The summed E-state index contributed by atoms with van der Waals surface area (Å²) in [6.45, 7) is 0. The SMILES string of the molecule is N=C1C(=NO)C2CCC1C2. The number of rotatable bonds is 0. The molecule has 2 saturated carbocycles. The van der Waals surface area contributed by atoms with Gasteiger partial charge in [0.15, 0.2) is 0 Å². The van der Waals surface area contributed by atoms with Crippen LogP contribution in [0.4, 0.5) is 0 Å². The van der Waals surface area contributed by atoms with Crippen LogP contribution in [-0.4, -0.2) is 16.6 Å². The summed E-state index contributed by atoms with van der Waals surface area (Å²) in [5, 5.41) is 19.2. The minimum Gasteiger partial charge on any atom is -0.411 e. The van der Waals surface area contributed by atoms with E-state index in [2.05, 4.69) is 5.16 Å². The van der Waals surface area contributed by atoms with Crippen LogP contribution in [0, 0.1) is 17.2 Å². The Morgan fingerprint density at radius 1 is 1.40 bits per heavy atom. The summed E-state index contributed by atoms with van der Waals surface area (Å²) in [5.74, 6) is 0.818. The molecule has 3 heteroatoms. The lowest BCUT2D eigenvalue weighted by Gasteiger charge is -2.10. The van der Waals surface area contributed by atoms with Gasteiger partial charge in [-0.05, 0) is 19.3 Å². The predicted molar refractivity (Wildman–Crippen MR) is 37.8 cm³/mol. The first kappa shape index (κ1) is 5.89. The Labute approximate surface area is 59.2 Å². The van der Waals surface area contributed by atoms with Gasteiger partial charge in [-0.1, -0.05) is 5.16 Å². The molecule has 2 fully saturated rings. The normalized spacial score (nSPS) is 41.6. The van der Waals surface area contributed by atoms with Gasteiger partial charge in [0.25, 0.3) is 0 Å². The van der Waals surface area contributed by atoms with E-state index in [4.69, 9.17) is 10.6 Å². The molecular formula is C7H10N2O. The monoisotopic (exact) mass is 138 g/mol. The third kappa shape index (κ3) is 0.549. The molecule has 0 aromatic heterocycles. The van der Waals surface area contributed by atoms with Gasteiger partial charge in [-0.15, -0.1) is 0 Å². The van der Waals surface area contributed by atoms with Gasteiger partial charge >= 0.3 is 0 Å². The van der Waals surface area contributed by atoms with Crippen LogP contribution in [0.1, 0.15) is 19.3 Å². The van der Waals surface area contributed by atoms with Crippen LogP contribution in [0.15, 0.2) is 5.16 Å². The van der Waals surface area contributed by atoms with E-state index < -0.39 is 0 Å². The minimum absolute atomic E-state index is 0.405. The Hall–Kier alpha value is -0.860. The molecule has 10 heavy (non-hydrogen) atoms. The first-order valence-electron chi connectivity index (χ1n) is 3.63. The number of hydrogen-bond donors (Lipinski definition) is 2. The highest BCUT2D eigenvalue weighted by Gasteiger charge is 2.41. The molecule has 0 radical (unpaired) electrons. The zero-order valence-corrected chi connectivity index (χ0v) is 5.67. The van der Waals surface area contributed by atoms with Crippen LogP contribution < -0.4 is 0 Å². The molecule has 2 aliphatic rings. The first-order chi connectivity index (χ1) is 4.83. The molecule has 2 atom stereocenters. The summed E-state index contributed by atoms with van der Waals surface area (Å²) < 4.78 is 0. The lowest BCUT2D eigenvalue weighted by molar-refractivity contribution is 0.316. The molecule has 2 aliphatic carbocycles. The highest BCUT2D eigenvalue weighted by molar-refractivity contribution is 6.44. The molecule has 0 aromatic rings. The van der Waals surface area contributed by atoms with Crippen LogP contribution in [0.5, 0.6) is 0 Å². The maximum atomic E-state index is 8.51. The third-order valence-corrected chi connectivity index (χ3v) is 2.61. The van der Waals surface area contributed by atoms with Gasteiger partial charge in [-0.2, -0.15) is 0 Å². The largest absolute Gasteiger partial charge is 0.411 e. The lowest BCUT2D eigenvalue weighted by atomic mass is 9.97. The second-order valence-electron chi connectivity index (χ2n) is 3.11. The Bertz CT molecular complexity index is 210. The summed E-state index contributed by atoms with van der Waals surface area (Å²) in [4.78, 5) is 0. The average Bonchev–Trinajstić information content (AvgIpc) is 2.46. The molecule has 0 aromatic carbocycles. The van der Waals surface area contributed by atoms with Gasteiger partial charge in [0.2, 0.25) is 0 Å². The minimum atomic E-state index is 0.405. The van der Waals surface area contributed by atoms with E-state index in [0.717, 1.165) is 19.3 Å². The first-order valence-corrected chi connectivity index (χ1v) is 3.63. The topological polar surface area (TPSA) is 56.4 Å². The van der Waals surface area contributed by atoms with Crippen LogP contribution in [0.25, 0.3) is 0 Å². The van der Waals surface area contributed by atoms with E-state index in [1.165, 1.54) is 0 Å². The molecule has 54 valence electrons. The number of nitrogens with one attached hydrogen (secondary N) is 1. The van der Waals surface area contributed by atoms with Crippen molar-refractivity contribution in [3.8, 4) is 0 Å². The van der Waals surface area contributed by atoms with Crippen molar-refractivity contribution in [2.24, 2.45) is 17.0 Å². The standard InChI is InChI=1S/C7H10N2O/c8-6-4-1-2-5(3-4)7(6)9-10/h4-5,8,10H,1-3H2. The van der Waals surface area contributed by atoms with Gasteiger partial charge in [-0.25, -0.2) is 0 Å². The lowest BCUT2D eigenvalue weighted by Crippen LogP contribution is -2.20. The molecule has 0 saturated heterocycles. The molecule has 2 N–H and O–H groups in total. The van der Waals surface area contributed by atoms with Crippen molar-refractivity contribution in [3.05, 3.63) is 0 Å². The zero-order valence-electron chi connectivity index (χ0n) is 5.67. The van der Waals surface area contributed by atoms with Gasteiger partial charge in [0.1, 0.15) is 5.71 Å². The third-order valence-electron chi connectivity index (χ3n) is 2.61. The Morgan fingerprint density at radius 3 is 2.50 bits per heavy atom. The summed E-state index contributed by atoms with van der Waals surface area (Å²) in [7, 11) is 0. The van der Waals surface area contributed by atoms with Crippen molar-refractivity contribution >= 4 is 11.4 Å². The Balaban J connectivity index is 2.33. The molecule has 0 heterocycles. The van der Waals surface area contributed by atoms with Crippen molar-refractivity contribution in [1.82, 2.24) is 0 Å². The number of fused-ring (bicyclic) bond motifs is 2. The highest BCUT2D eigenvalue weighted by Crippen LogP contribution is 2.40. The highest BCUT2D eigenvalue weighted by atomic mass is 16.4. The van der Waals surface area contributed by atoms with E-state index in [9.17, 15) is 0 Å². The molecule has 0 spiro atoms. The smallest absolute Gasteiger partial charge is 0.104 e. The maximum absolute atomic E-state index is 8.51. The Morgan fingerprint density at radius 2 is 2.10 bits per heavy atom. The van der Waals surface area contributed by atoms with Crippen LogP contribution in [0.2, 0.25) is 0 Å². The van der Waals surface area contributed by atoms with Gasteiger partial charge in [0.05, 0.1) is 5.71 Å². The van der Waals surface area contributed by atoms with E-state index in [0.29, 0.717) is 23.3 Å². The predicted octanol–water partition coefficient (Wildman–Crippen LogP) is 1.27. The summed E-state index contributed by atoms with van der Waals surface area (Å²) in [5.41, 5.74) is 1.23. The second kappa shape index (κ2) is 1.81. The molecular weight excluding hydrogens is 128 g/mol. The quantitative estimate of drug-likeness (QED) is 0.384. The summed E-state index contributed by atoms with van der Waals surface area (Å²) in [6, 6.07) is 0. The van der Waals surface area contributed by atoms with Gasteiger partial charge < -0.3 is 10.6 Å². The summed E-state index contributed by atoms with van der Waals surface area (Å²) >= 11 is 0. The number of hydrogen-bond acceptors (Lipinski definition) is 3. The van der Waals surface area contributed by atoms with Crippen molar-refractivity contribution in [3.63, 3.8) is 0 Å².